The molecular weight excluding hydrogens is 508 g/mol. The Hall–Kier alpha value is -4.45. The number of aliphatic hydroxyl groups is 1. The van der Waals surface area contributed by atoms with Crippen molar-refractivity contribution in [3.05, 3.63) is 71.8 Å². The molecule has 1 aliphatic heterocycles. The smallest absolute Gasteiger partial charge is 0.408 e. The average Bonchev–Trinajstić information content (AvgIpc) is 3.25. The van der Waals surface area contributed by atoms with Gasteiger partial charge in [-0.3, -0.25) is 14.4 Å². The van der Waals surface area contributed by atoms with Crippen molar-refractivity contribution in [3.63, 3.8) is 0 Å². The highest BCUT2D eigenvalue weighted by atomic mass is 16.5. The second kappa shape index (κ2) is 13.4. The Morgan fingerprint density at radius 3 is 2.23 bits per heavy atom. The Morgan fingerprint density at radius 2 is 1.64 bits per heavy atom. The quantitative estimate of drug-likeness (QED) is 0.260. The maximum atomic E-state index is 13.0. The number of hydrogen-bond donors (Lipinski definition) is 5. The van der Waals surface area contributed by atoms with Crippen LogP contribution in [0.25, 0.3) is 0 Å². The molecule has 1 fully saturated rings. The van der Waals surface area contributed by atoms with Crippen molar-refractivity contribution in [1.29, 1.82) is 0 Å². The number of carbonyl (C=O) groups is 5. The van der Waals surface area contributed by atoms with Crippen molar-refractivity contribution in [2.45, 2.75) is 56.5 Å². The molecule has 3 rings (SSSR count). The summed E-state index contributed by atoms with van der Waals surface area (Å²) in [5.41, 5.74) is 4.21. The topological polar surface area (TPSA) is 188 Å². The van der Waals surface area contributed by atoms with Gasteiger partial charge in [-0.1, -0.05) is 60.7 Å². The van der Waals surface area contributed by atoms with Crippen LogP contribution < -0.4 is 16.4 Å². The number of nitrogens with zero attached hydrogens (tertiary/aromatic N) is 1. The van der Waals surface area contributed by atoms with Crippen LogP contribution in [-0.4, -0.2) is 69.3 Å². The van der Waals surface area contributed by atoms with E-state index in [-0.39, 0.29) is 26.0 Å². The highest BCUT2D eigenvalue weighted by Crippen LogP contribution is 2.29. The van der Waals surface area contributed by atoms with E-state index in [1.54, 1.807) is 30.3 Å². The third kappa shape index (κ3) is 7.77. The lowest BCUT2D eigenvalue weighted by atomic mass is 10.0. The number of aryl methyl sites for hydroxylation is 1. The number of nitrogens with two attached hydrogens (primary N) is 1. The summed E-state index contributed by atoms with van der Waals surface area (Å²) in [7, 11) is 0. The van der Waals surface area contributed by atoms with Gasteiger partial charge in [0.25, 0.3) is 5.72 Å². The molecule has 12 heteroatoms. The number of benzene rings is 2. The van der Waals surface area contributed by atoms with Crippen LogP contribution in [0, 0.1) is 0 Å². The Balaban J connectivity index is 1.62. The number of carbonyl (C=O) groups excluding carboxylic acids is 4. The molecule has 0 aliphatic carbocycles. The molecule has 0 bridgehead atoms. The first-order valence-corrected chi connectivity index (χ1v) is 12.5. The normalized spacial score (nSPS) is 19.1. The zero-order valence-electron chi connectivity index (χ0n) is 21.2. The van der Waals surface area contributed by atoms with E-state index < -0.39 is 54.0 Å². The minimum Gasteiger partial charge on any atom is -0.478 e. The monoisotopic (exact) mass is 540 g/mol. The third-order valence-electron chi connectivity index (χ3n) is 6.40. The molecule has 2 aromatic carbocycles. The third-order valence-corrected chi connectivity index (χ3v) is 6.40. The van der Waals surface area contributed by atoms with E-state index in [1.807, 2.05) is 30.3 Å². The van der Waals surface area contributed by atoms with E-state index in [0.29, 0.717) is 18.4 Å². The summed E-state index contributed by atoms with van der Waals surface area (Å²) in [6.07, 6.45) is -0.665. The molecule has 6 N–H and O–H groups in total. The first-order chi connectivity index (χ1) is 18.6. The number of hydrogen-bond acceptors (Lipinski definition) is 7. The van der Waals surface area contributed by atoms with Crippen LogP contribution in [0.1, 0.15) is 36.8 Å². The lowest BCUT2D eigenvalue weighted by molar-refractivity contribution is -0.186. The van der Waals surface area contributed by atoms with Gasteiger partial charge in [-0.25, -0.2) is 9.59 Å². The predicted octanol–water partition coefficient (Wildman–Crippen LogP) is 0.670. The molecule has 4 amide bonds. The van der Waals surface area contributed by atoms with Gasteiger partial charge >= 0.3 is 12.1 Å². The molecule has 0 saturated carbocycles. The van der Waals surface area contributed by atoms with Crippen molar-refractivity contribution in [1.82, 2.24) is 15.5 Å². The van der Waals surface area contributed by atoms with E-state index >= 15 is 0 Å². The number of amides is 4. The lowest BCUT2D eigenvalue weighted by Crippen LogP contribution is -2.64. The second-order valence-corrected chi connectivity index (χ2v) is 9.19. The number of primary amides is 1. The summed E-state index contributed by atoms with van der Waals surface area (Å²) in [5.74, 6) is -4.17. The molecule has 208 valence electrons. The van der Waals surface area contributed by atoms with E-state index in [4.69, 9.17) is 10.5 Å². The second-order valence-electron chi connectivity index (χ2n) is 9.19. The molecule has 0 unspecified atom stereocenters. The molecule has 3 atom stereocenters. The number of carboxylic acids is 1. The number of nitrogens with one attached hydrogen (secondary N) is 2. The number of aliphatic carboxylic acids is 1. The first-order valence-electron chi connectivity index (χ1n) is 12.5. The van der Waals surface area contributed by atoms with Gasteiger partial charge in [0.2, 0.25) is 17.7 Å². The fourth-order valence-corrected chi connectivity index (χ4v) is 4.38. The van der Waals surface area contributed by atoms with Crippen LogP contribution in [0.5, 0.6) is 0 Å². The Kier molecular flexibility index (Phi) is 9.98. The molecular formula is C27H32N4O8. The maximum Gasteiger partial charge on any atom is 0.408 e. The van der Waals surface area contributed by atoms with E-state index in [1.165, 1.54) is 0 Å². The number of alkyl carbamates (subject to hydrolysis) is 1. The van der Waals surface area contributed by atoms with Crippen molar-refractivity contribution >= 4 is 29.8 Å². The first kappa shape index (κ1) is 29.1. The molecule has 39 heavy (non-hydrogen) atoms. The molecule has 0 spiro atoms. The standard InChI is InChI=1S/C27H32N4O8/c28-22(32)16-20(29-26(37)39-17-19-10-5-2-6-11-19)24(34)30-21-14-15-31(27(21,38)25(35)36)23(33)13-7-12-18-8-3-1-4-9-18/h1-6,8-11,20-21,38H,7,12-17H2,(H2,28,32)(H,29,37)(H,30,34)(H,35,36)/t20-,21-,27-/m0/s1. The molecule has 1 saturated heterocycles. The Bertz CT molecular complexity index is 1180. The van der Waals surface area contributed by atoms with Gasteiger partial charge in [-0.2, -0.15) is 0 Å². The average molecular weight is 541 g/mol. The SMILES string of the molecule is NC(=O)C[C@H](NC(=O)OCc1ccccc1)C(=O)N[C@H]1CCN(C(=O)CCCc2ccccc2)[C@@]1(O)C(=O)O. The number of ether oxygens (including phenoxy) is 1. The fourth-order valence-electron chi connectivity index (χ4n) is 4.38. The van der Waals surface area contributed by atoms with Crippen LogP contribution >= 0.6 is 0 Å². The highest BCUT2D eigenvalue weighted by molar-refractivity contribution is 5.92. The Morgan fingerprint density at radius 1 is 1.03 bits per heavy atom. The van der Waals surface area contributed by atoms with Crippen molar-refractivity contribution in [2.24, 2.45) is 5.73 Å². The van der Waals surface area contributed by atoms with E-state index in [2.05, 4.69) is 10.6 Å². The largest absolute Gasteiger partial charge is 0.478 e. The van der Waals surface area contributed by atoms with Gasteiger partial charge in [-0.15, -0.1) is 0 Å². The molecule has 1 heterocycles. The van der Waals surface area contributed by atoms with Gasteiger partial charge in [-0.05, 0) is 30.4 Å². The van der Waals surface area contributed by atoms with Crippen LogP contribution in [0.2, 0.25) is 0 Å². The molecule has 2 aromatic rings. The van der Waals surface area contributed by atoms with Gasteiger partial charge in [0, 0.05) is 13.0 Å². The van der Waals surface area contributed by atoms with Crippen molar-refractivity contribution in [2.75, 3.05) is 6.54 Å². The van der Waals surface area contributed by atoms with Gasteiger partial charge in [0.15, 0.2) is 0 Å². The van der Waals surface area contributed by atoms with Crippen LogP contribution in [-0.2, 0) is 36.9 Å². The van der Waals surface area contributed by atoms with Crippen molar-refractivity contribution in [3.8, 4) is 0 Å². The fraction of sp³-hybridized carbons (Fsp3) is 0.370. The predicted molar refractivity (Wildman–Crippen MR) is 138 cm³/mol. The van der Waals surface area contributed by atoms with Gasteiger partial charge < -0.3 is 36.2 Å². The van der Waals surface area contributed by atoms with E-state index in [9.17, 15) is 34.2 Å². The zero-order chi connectivity index (χ0) is 28.4. The molecule has 12 nitrogen and oxygen atoms in total. The zero-order valence-corrected chi connectivity index (χ0v) is 21.2. The minimum atomic E-state index is -2.72. The molecule has 1 aliphatic rings. The number of likely N-dealkylation sites (tertiary alicyclic amines) is 1. The highest BCUT2D eigenvalue weighted by Gasteiger charge is 2.56. The summed E-state index contributed by atoms with van der Waals surface area (Å²) in [6, 6.07) is 15.3. The molecule has 0 radical (unpaired) electrons. The lowest BCUT2D eigenvalue weighted by Gasteiger charge is -2.34. The summed E-state index contributed by atoms with van der Waals surface area (Å²) in [4.78, 5) is 62.6. The number of carboxylic acid groups (broad SMARTS) is 1. The van der Waals surface area contributed by atoms with E-state index in [0.717, 1.165) is 10.5 Å². The summed E-state index contributed by atoms with van der Waals surface area (Å²) < 4.78 is 5.08. The van der Waals surface area contributed by atoms with Crippen molar-refractivity contribution < 1.29 is 38.9 Å². The van der Waals surface area contributed by atoms with Gasteiger partial charge in [0.05, 0.1) is 12.5 Å². The summed E-state index contributed by atoms with van der Waals surface area (Å²) in [6.45, 7) is -0.217. The number of rotatable bonds is 12. The van der Waals surface area contributed by atoms with Crippen LogP contribution in [0.4, 0.5) is 4.79 Å². The summed E-state index contributed by atoms with van der Waals surface area (Å²) in [5, 5.41) is 25.5. The minimum absolute atomic E-state index is 0.00966. The van der Waals surface area contributed by atoms with Crippen LogP contribution in [0.3, 0.4) is 0 Å². The summed E-state index contributed by atoms with van der Waals surface area (Å²) >= 11 is 0. The Labute approximate surface area is 225 Å². The van der Waals surface area contributed by atoms with Gasteiger partial charge in [0.1, 0.15) is 12.6 Å². The molecule has 0 aromatic heterocycles. The van der Waals surface area contributed by atoms with Crippen LogP contribution in [0.15, 0.2) is 60.7 Å². The maximum absolute atomic E-state index is 13.0.